The highest BCUT2D eigenvalue weighted by Crippen LogP contribution is 2.20. The van der Waals surface area contributed by atoms with E-state index in [1.54, 1.807) is 30.8 Å². The molecule has 0 saturated carbocycles. The van der Waals surface area contributed by atoms with Crippen LogP contribution in [0.1, 0.15) is 34.2 Å². The number of nitrogens with one attached hydrogen (secondary N) is 1. The van der Waals surface area contributed by atoms with Crippen LogP contribution >= 0.6 is 11.8 Å². The van der Waals surface area contributed by atoms with Crippen molar-refractivity contribution >= 4 is 33.3 Å². The Bertz CT molecular complexity index is 1110. The van der Waals surface area contributed by atoms with Crippen LogP contribution in [0.5, 0.6) is 0 Å². The van der Waals surface area contributed by atoms with Crippen molar-refractivity contribution in [3.05, 3.63) is 59.5 Å². The molecule has 8 nitrogen and oxygen atoms in total. The van der Waals surface area contributed by atoms with Crippen LogP contribution in [0.25, 0.3) is 5.65 Å². The molecule has 0 aliphatic heterocycles. The molecule has 148 valence electrons. The van der Waals surface area contributed by atoms with Crippen LogP contribution in [0.2, 0.25) is 0 Å². The van der Waals surface area contributed by atoms with Crippen molar-refractivity contribution in [1.82, 2.24) is 19.9 Å². The van der Waals surface area contributed by atoms with Gasteiger partial charge in [0.1, 0.15) is 0 Å². The van der Waals surface area contributed by atoms with Gasteiger partial charge in [-0.1, -0.05) is 12.1 Å². The summed E-state index contributed by atoms with van der Waals surface area (Å²) in [6, 6.07) is 9.63. The average Bonchev–Trinajstić information content (AvgIpc) is 3.08. The first kappa shape index (κ1) is 20.3. The number of fused-ring (bicyclic) bond motifs is 1. The molecule has 0 aliphatic carbocycles. The molecule has 1 aromatic carbocycles. The minimum Gasteiger partial charge on any atom is -0.342 e. The van der Waals surface area contributed by atoms with Crippen molar-refractivity contribution in [1.29, 1.82) is 0 Å². The maximum absolute atomic E-state index is 12.8. The summed E-state index contributed by atoms with van der Waals surface area (Å²) in [5.41, 5.74) is 1.40. The number of aromatic nitrogens is 3. The number of benzene rings is 1. The topological polar surface area (TPSA) is 119 Å². The van der Waals surface area contributed by atoms with E-state index >= 15 is 0 Å². The van der Waals surface area contributed by atoms with E-state index in [0.717, 1.165) is 5.75 Å². The Morgan fingerprint density at radius 3 is 2.79 bits per heavy atom. The van der Waals surface area contributed by atoms with E-state index in [4.69, 9.17) is 5.14 Å². The highest BCUT2D eigenvalue weighted by molar-refractivity contribution is 7.98. The van der Waals surface area contributed by atoms with E-state index in [-0.39, 0.29) is 16.5 Å². The number of amides is 1. The standard InChI is InChI=1S/C18H21N5O3S2/c1-12-6-7-13(11-15(12)28(19,25)26)18(24)20-14(8-10-27-2)17-22-21-16-5-3-4-9-23(16)17/h3-7,9,11,14H,8,10H2,1-2H3,(H,20,24)(H2,19,25,26). The fraction of sp³-hybridized carbons (Fsp3) is 0.278. The van der Waals surface area contributed by atoms with Crippen LogP contribution in [0.15, 0.2) is 47.5 Å². The lowest BCUT2D eigenvalue weighted by Gasteiger charge is -2.17. The van der Waals surface area contributed by atoms with Crippen molar-refractivity contribution in [3.8, 4) is 0 Å². The Kier molecular flexibility index (Phi) is 6.01. The molecule has 1 unspecified atom stereocenters. The van der Waals surface area contributed by atoms with Gasteiger partial charge in [0.05, 0.1) is 10.9 Å². The Labute approximate surface area is 167 Å². The van der Waals surface area contributed by atoms with Crippen molar-refractivity contribution in [2.45, 2.75) is 24.3 Å². The zero-order valence-electron chi connectivity index (χ0n) is 15.5. The van der Waals surface area contributed by atoms with Crippen LogP contribution in [-0.4, -0.2) is 40.9 Å². The Morgan fingerprint density at radius 1 is 1.29 bits per heavy atom. The molecular weight excluding hydrogens is 398 g/mol. The largest absolute Gasteiger partial charge is 0.342 e. The lowest BCUT2D eigenvalue weighted by Crippen LogP contribution is -2.30. The number of rotatable bonds is 7. The van der Waals surface area contributed by atoms with Gasteiger partial charge in [-0.2, -0.15) is 11.8 Å². The van der Waals surface area contributed by atoms with Gasteiger partial charge in [-0.15, -0.1) is 10.2 Å². The summed E-state index contributed by atoms with van der Waals surface area (Å²) in [4.78, 5) is 12.8. The minimum absolute atomic E-state index is 0.0614. The summed E-state index contributed by atoms with van der Waals surface area (Å²) < 4.78 is 25.3. The van der Waals surface area contributed by atoms with Gasteiger partial charge in [-0.05, 0) is 55.2 Å². The van der Waals surface area contributed by atoms with Gasteiger partial charge >= 0.3 is 0 Å². The number of hydrogen-bond donors (Lipinski definition) is 2. The number of nitrogens with zero attached hydrogens (tertiary/aromatic N) is 3. The predicted octanol–water partition coefficient (Wildman–Crippen LogP) is 1.91. The molecule has 0 spiro atoms. The molecule has 0 fully saturated rings. The van der Waals surface area contributed by atoms with E-state index in [9.17, 15) is 13.2 Å². The van der Waals surface area contributed by atoms with Gasteiger partial charge in [-0.25, -0.2) is 13.6 Å². The van der Waals surface area contributed by atoms with E-state index in [1.807, 2.05) is 35.1 Å². The Balaban J connectivity index is 1.92. The molecular formula is C18H21N5O3S2. The average molecular weight is 420 g/mol. The number of nitrogens with two attached hydrogens (primary N) is 1. The lowest BCUT2D eigenvalue weighted by atomic mass is 10.1. The van der Waals surface area contributed by atoms with Crippen molar-refractivity contribution < 1.29 is 13.2 Å². The van der Waals surface area contributed by atoms with E-state index in [2.05, 4.69) is 15.5 Å². The fourth-order valence-corrected chi connectivity index (χ4v) is 4.17. The van der Waals surface area contributed by atoms with Crippen LogP contribution in [0, 0.1) is 6.92 Å². The maximum Gasteiger partial charge on any atom is 0.251 e. The number of hydrogen-bond acceptors (Lipinski definition) is 6. The second kappa shape index (κ2) is 8.29. The molecule has 0 bridgehead atoms. The summed E-state index contributed by atoms with van der Waals surface area (Å²) in [6.07, 6.45) is 4.48. The number of pyridine rings is 1. The molecule has 0 saturated heterocycles. The van der Waals surface area contributed by atoms with Crippen molar-refractivity contribution in [3.63, 3.8) is 0 Å². The van der Waals surface area contributed by atoms with Crippen LogP contribution < -0.4 is 10.5 Å². The second-order valence-electron chi connectivity index (χ2n) is 6.32. The number of carbonyl (C=O) groups excluding carboxylic acids is 1. The van der Waals surface area contributed by atoms with Gasteiger partial charge < -0.3 is 5.32 Å². The molecule has 2 aromatic heterocycles. The first-order chi connectivity index (χ1) is 13.3. The first-order valence-electron chi connectivity index (χ1n) is 8.54. The minimum atomic E-state index is -3.91. The number of aryl methyl sites for hydroxylation is 1. The SMILES string of the molecule is CSCCC(NC(=O)c1ccc(C)c(S(N)(=O)=O)c1)c1nnc2ccccn12. The van der Waals surface area contributed by atoms with E-state index in [1.165, 1.54) is 6.07 Å². The smallest absolute Gasteiger partial charge is 0.251 e. The summed E-state index contributed by atoms with van der Waals surface area (Å²) in [5, 5.41) is 16.6. The zero-order valence-corrected chi connectivity index (χ0v) is 17.1. The number of sulfonamides is 1. The van der Waals surface area contributed by atoms with Gasteiger partial charge in [0, 0.05) is 11.8 Å². The Hall–Kier alpha value is -2.43. The summed E-state index contributed by atoms with van der Waals surface area (Å²) in [5.74, 6) is 1.03. The molecule has 3 rings (SSSR count). The molecule has 1 atom stereocenters. The molecule has 0 radical (unpaired) electrons. The molecule has 1 amide bonds. The van der Waals surface area contributed by atoms with Gasteiger partial charge in [0.25, 0.3) is 5.91 Å². The number of thioether (sulfide) groups is 1. The normalized spacial score (nSPS) is 12.8. The molecule has 3 aromatic rings. The molecule has 28 heavy (non-hydrogen) atoms. The summed E-state index contributed by atoms with van der Waals surface area (Å²) in [6.45, 7) is 1.63. The zero-order chi connectivity index (χ0) is 20.3. The highest BCUT2D eigenvalue weighted by Gasteiger charge is 2.22. The molecule has 0 aliphatic rings. The maximum atomic E-state index is 12.8. The quantitative estimate of drug-likeness (QED) is 0.604. The van der Waals surface area contributed by atoms with Crippen LogP contribution in [0.4, 0.5) is 0 Å². The van der Waals surface area contributed by atoms with Crippen molar-refractivity contribution in [2.24, 2.45) is 5.14 Å². The van der Waals surface area contributed by atoms with Crippen molar-refractivity contribution in [2.75, 3.05) is 12.0 Å². The summed E-state index contributed by atoms with van der Waals surface area (Å²) in [7, 11) is -3.91. The third kappa shape index (κ3) is 4.34. The highest BCUT2D eigenvalue weighted by atomic mass is 32.2. The number of carbonyl (C=O) groups is 1. The van der Waals surface area contributed by atoms with Crippen LogP contribution in [0.3, 0.4) is 0 Å². The first-order valence-corrected chi connectivity index (χ1v) is 11.5. The Morgan fingerprint density at radius 2 is 2.07 bits per heavy atom. The monoisotopic (exact) mass is 419 g/mol. The third-order valence-electron chi connectivity index (χ3n) is 4.32. The van der Waals surface area contributed by atoms with E-state index in [0.29, 0.717) is 23.5 Å². The van der Waals surface area contributed by atoms with Gasteiger partial charge in [-0.3, -0.25) is 9.20 Å². The lowest BCUT2D eigenvalue weighted by molar-refractivity contribution is 0.0933. The van der Waals surface area contributed by atoms with E-state index < -0.39 is 15.9 Å². The molecule has 10 heteroatoms. The van der Waals surface area contributed by atoms with Crippen LogP contribution in [-0.2, 0) is 10.0 Å². The van der Waals surface area contributed by atoms with Gasteiger partial charge in [0.15, 0.2) is 11.5 Å². The molecule has 3 N–H and O–H groups in total. The second-order valence-corrected chi connectivity index (χ2v) is 8.84. The fourth-order valence-electron chi connectivity index (χ4n) is 2.89. The predicted molar refractivity (Wildman–Crippen MR) is 109 cm³/mol. The summed E-state index contributed by atoms with van der Waals surface area (Å²) >= 11 is 1.66. The van der Waals surface area contributed by atoms with Gasteiger partial charge in [0.2, 0.25) is 10.0 Å². The molecule has 2 heterocycles. The number of primary sulfonamides is 1. The third-order valence-corrected chi connectivity index (χ3v) is 6.02.